The number of pyridine rings is 1. The average molecular weight is 583 g/mol. The van der Waals surface area contributed by atoms with E-state index in [1.807, 2.05) is 18.3 Å². The summed E-state index contributed by atoms with van der Waals surface area (Å²) >= 11 is 0. The number of carbonyl (C=O) groups excluding carboxylic acids is 3. The molecule has 3 fully saturated rings. The summed E-state index contributed by atoms with van der Waals surface area (Å²) in [6.07, 6.45) is 5.66. The molecule has 0 bridgehead atoms. The normalized spacial score (nSPS) is 25.7. The first-order valence-electron chi connectivity index (χ1n) is 15.4. The first-order valence-corrected chi connectivity index (χ1v) is 15.4. The molecule has 4 aliphatic rings. The second-order valence-corrected chi connectivity index (χ2v) is 13.1. The van der Waals surface area contributed by atoms with Crippen LogP contribution in [-0.4, -0.2) is 69.9 Å². The van der Waals surface area contributed by atoms with Gasteiger partial charge in [0, 0.05) is 56.4 Å². The number of amides is 3. The van der Waals surface area contributed by atoms with E-state index < -0.39 is 11.9 Å². The SMILES string of the molecule is CC1(C)CC(c2ccc3cc(CN4CCC(Oc5ccc6c(c5)CN(C5CCC(=O)NC5=O)C6=O)C4)ncc3c2)CCO1. The average Bonchev–Trinajstić information content (AvgIpc) is 3.55. The molecular weight excluding hydrogens is 544 g/mol. The van der Waals surface area contributed by atoms with Crippen molar-refractivity contribution >= 4 is 28.5 Å². The van der Waals surface area contributed by atoms with Gasteiger partial charge in [-0.3, -0.25) is 29.6 Å². The van der Waals surface area contributed by atoms with Crippen LogP contribution in [-0.2, 0) is 27.4 Å². The zero-order valence-corrected chi connectivity index (χ0v) is 24.8. The predicted octanol–water partition coefficient (Wildman–Crippen LogP) is 4.32. The van der Waals surface area contributed by atoms with Crippen molar-refractivity contribution in [2.75, 3.05) is 19.7 Å². The van der Waals surface area contributed by atoms with E-state index in [1.165, 1.54) is 16.3 Å². The molecule has 2 aromatic carbocycles. The fourth-order valence-corrected chi connectivity index (χ4v) is 7.15. The first kappa shape index (κ1) is 28.0. The third kappa shape index (κ3) is 5.76. The van der Waals surface area contributed by atoms with E-state index in [2.05, 4.69) is 48.3 Å². The molecule has 3 amide bonds. The van der Waals surface area contributed by atoms with Crippen LogP contribution in [0, 0.1) is 0 Å². The Bertz CT molecular complexity index is 1600. The lowest BCUT2D eigenvalue weighted by atomic mass is 9.83. The van der Waals surface area contributed by atoms with Crippen molar-refractivity contribution in [1.29, 1.82) is 0 Å². The highest BCUT2D eigenvalue weighted by molar-refractivity contribution is 6.05. The van der Waals surface area contributed by atoms with E-state index in [0.29, 0.717) is 24.4 Å². The Morgan fingerprint density at radius 3 is 2.77 bits per heavy atom. The topological polar surface area (TPSA) is 101 Å². The van der Waals surface area contributed by atoms with Crippen LogP contribution in [0.4, 0.5) is 0 Å². The molecule has 43 heavy (non-hydrogen) atoms. The molecule has 0 spiro atoms. The second kappa shape index (κ2) is 11.0. The lowest BCUT2D eigenvalue weighted by Crippen LogP contribution is -2.52. The molecule has 3 unspecified atom stereocenters. The number of hydrogen-bond donors (Lipinski definition) is 1. The minimum atomic E-state index is -0.615. The number of imide groups is 1. The van der Waals surface area contributed by atoms with Crippen molar-refractivity contribution in [3.8, 4) is 5.75 Å². The van der Waals surface area contributed by atoms with E-state index in [1.54, 1.807) is 11.0 Å². The number of carbonyl (C=O) groups is 3. The number of likely N-dealkylation sites (tertiary alicyclic amines) is 1. The van der Waals surface area contributed by atoms with Gasteiger partial charge >= 0.3 is 0 Å². The van der Waals surface area contributed by atoms with Gasteiger partial charge in [-0.05, 0) is 92.3 Å². The minimum absolute atomic E-state index is 0.0492. The fourth-order valence-electron chi connectivity index (χ4n) is 7.15. The van der Waals surface area contributed by atoms with Crippen LogP contribution in [0.15, 0.2) is 48.7 Å². The summed E-state index contributed by atoms with van der Waals surface area (Å²) < 4.78 is 12.3. The highest BCUT2D eigenvalue weighted by Gasteiger charge is 2.39. The molecule has 0 saturated carbocycles. The van der Waals surface area contributed by atoms with Crippen LogP contribution in [0.5, 0.6) is 5.75 Å². The number of fused-ring (bicyclic) bond motifs is 2. The summed E-state index contributed by atoms with van der Waals surface area (Å²) in [7, 11) is 0. The molecule has 9 heteroatoms. The van der Waals surface area contributed by atoms with E-state index in [-0.39, 0.29) is 29.9 Å². The van der Waals surface area contributed by atoms with E-state index >= 15 is 0 Å². The molecule has 4 aliphatic heterocycles. The summed E-state index contributed by atoms with van der Waals surface area (Å²) in [4.78, 5) is 45.6. The van der Waals surface area contributed by atoms with E-state index in [0.717, 1.165) is 62.5 Å². The molecule has 3 saturated heterocycles. The molecule has 0 radical (unpaired) electrons. The Morgan fingerprint density at radius 2 is 1.93 bits per heavy atom. The molecule has 3 aromatic rings. The highest BCUT2D eigenvalue weighted by Crippen LogP contribution is 2.37. The lowest BCUT2D eigenvalue weighted by Gasteiger charge is -2.35. The minimum Gasteiger partial charge on any atom is -0.489 e. The van der Waals surface area contributed by atoms with Crippen LogP contribution < -0.4 is 10.1 Å². The number of piperidine rings is 1. The Labute approximate surface area is 251 Å². The van der Waals surface area contributed by atoms with Gasteiger partial charge in [0.15, 0.2) is 0 Å². The third-order valence-electron chi connectivity index (χ3n) is 9.38. The lowest BCUT2D eigenvalue weighted by molar-refractivity contribution is -0.136. The summed E-state index contributed by atoms with van der Waals surface area (Å²) in [6, 6.07) is 13.9. The summed E-state index contributed by atoms with van der Waals surface area (Å²) in [5.41, 5.74) is 3.80. The molecule has 3 atom stereocenters. The van der Waals surface area contributed by atoms with E-state index in [4.69, 9.17) is 14.5 Å². The van der Waals surface area contributed by atoms with Crippen LogP contribution in [0.1, 0.15) is 79.0 Å². The molecule has 9 nitrogen and oxygen atoms in total. The quantitative estimate of drug-likeness (QED) is 0.432. The van der Waals surface area contributed by atoms with Crippen LogP contribution >= 0.6 is 0 Å². The largest absolute Gasteiger partial charge is 0.489 e. The Hall–Kier alpha value is -3.82. The standard InChI is InChI=1S/C34H38N4O5/c1-34(2)16-23(10-12-42-34)21-3-4-22-14-26(35-17-24(22)13-21)19-37-11-9-28(20-37)43-27-5-6-29-25(15-27)18-38(33(29)41)30-7-8-31(39)36-32(30)40/h3-6,13-15,17,23,28,30H,7-12,16,18-20H2,1-2H3,(H,36,39,40). The maximum absolute atomic E-state index is 13.0. The van der Waals surface area contributed by atoms with Gasteiger partial charge in [0.05, 0.1) is 11.3 Å². The summed E-state index contributed by atoms with van der Waals surface area (Å²) in [5, 5.41) is 4.74. The number of rotatable bonds is 6. The number of aromatic nitrogens is 1. The van der Waals surface area contributed by atoms with Crippen molar-refractivity contribution in [3.63, 3.8) is 0 Å². The van der Waals surface area contributed by atoms with Gasteiger partial charge < -0.3 is 14.4 Å². The summed E-state index contributed by atoms with van der Waals surface area (Å²) in [6.45, 7) is 8.00. The van der Waals surface area contributed by atoms with Crippen molar-refractivity contribution in [1.82, 2.24) is 20.1 Å². The molecule has 0 aliphatic carbocycles. The Balaban J connectivity index is 0.957. The van der Waals surface area contributed by atoms with Crippen molar-refractivity contribution < 1.29 is 23.9 Å². The highest BCUT2D eigenvalue weighted by atomic mass is 16.5. The smallest absolute Gasteiger partial charge is 0.255 e. The van der Waals surface area contributed by atoms with Gasteiger partial charge in [0.2, 0.25) is 11.8 Å². The molecular formula is C34H38N4O5. The van der Waals surface area contributed by atoms with Crippen LogP contribution in [0.2, 0.25) is 0 Å². The van der Waals surface area contributed by atoms with Crippen LogP contribution in [0.25, 0.3) is 10.8 Å². The van der Waals surface area contributed by atoms with Gasteiger partial charge in [0.1, 0.15) is 17.9 Å². The predicted molar refractivity (Wildman–Crippen MR) is 161 cm³/mol. The zero-order chi connectivity index (χ0) is 29.7. The number of nitrogens with zero attached hydrogens (tertiary/aromatic N) is 3. The van der Waals surface area contributed by atoms with Gasteiger partial charge in [-0.1, -0.05) is 12.1 Å². The number of ether oxygens (including phenoxy) is 2. The van der Waals surface area contributed by atoms with Crippen molar-refractivity contribution in [2.24, 2.45) is 0 Å². The zero-order valence-electron chi connectivity index (χ0n) is 24.8. The third-order valence-corrected chi connectivity index (χ3v) is 9.38. The molecule has 7 rings (SSSR count). The maximum atomic E-state index is 13.0. The molecule has 5 heterocycles. The molecule has 1 aromatic heterocycles. The van der Waals surface area contributed by atoms with Gasteiger partial charge in [-0.25, -0.2) is 0 Å². The molecule has 224 valence electrons. The number of hydrogen-bond acceptors (Lipinski definition) is 7. The molecule has 1 N–H and O–H groups in total. The Morgan fingerprint density at radius 1 is 1.05 bits per heavy atom. The second-order valence-electron chi connectivity index (χ2n) is 13.1. The van der Waals surface area contributed by atoms with E-state index in [9.17, 15) is 14.4 Å². The maximum Gasteiger partial charge on any atom is 0.255 e. The first-order chi connectivity index (χ1) is 20.7. The van der Waals surface area contributed by atoms with Gasteiger partial charge in [0.25, 0.3) is 5.91 Å². The van der Waals surface area contributed by atoms with Crippen molar-refractivity contribution in [2.45, 2.75) is 82.7 Å². The number of benzene rings is 2. The fraction of sp³-hybridized carbons (Fsp3) is 0.471. The van der Waals surface area contributed by atoms with Gasteiger partial charge in [-0.2, -0.15) is 0 Å². The Kier molecular flexibility index (Phi) is 7.18. The number of nitrogens with one attached hydrogen (secondary N) is 1. The van der Waals surface area contributed by atoms with Gasteiger partial charge in [-0.15, -0.1) is 0 Å². The van der Waals surface area contributed by atoms with Crippen molar-refractivity contribution in [3.05, 3.63) is 71.0 Å². The monoisotopic (exact) mass is 582 g/mol. The van der Waals surface area contributed by atoms with Crippen LogP contribution in [0.3, 0.4) is 0 Å². The summed E-state index contributed by atoms with van der Waals surface area (Å²) in [5.74, 6) is 0.396.